The average Bonchev–Trinajstić information content (AvgIpc) is 3.53. The largest absolute Gasteiger partial charge is 0.355 e. The van der Waals surface area contributed by atoms with Crippen LogP contribution in [0.3, 0.4) is 0 Å². The highest BCUT2D eigenvalue weighted by Gasteiger charge is 2.21. The van der Waals surface area contributed by atoms with E-state index in [2.05, 4.69) is 10.1 Å². The predicted molar refractivity (Wildman–Crippen MR) is 130 cm³/mol. The lowest BCUT2D eigenvalue weighted by Crippen LogP contribution is -2.26. The van der Waals surface area contributed by atoms with E-state index in [0.29, 0.717) is 17.3 Å². The molecule has 0 aliphatic carbocycles. The zero-order valence-electron chi connectivity index (χ0n) is 18.3. The minimum atomic E-state index is -0.251. The molecule has 34 heavy (non-hydrogen) atoms. The Morgan fingerprint density at radius 1 is 1.00 bits per heavy atom. The number of carbonyl (C=O) groups is 1. The van der Waals surface area contributed by atoms with Crippen molar-refractivity contribution in [3.63, 3.8) is 0 Å². The third kappa shape index (κ3) is 4.46. The summed E-state index contributed by atoms with van der Waals surface area (Å²) >= 11 is 6.08. The minimum Gasteiger partial charge on any atom is -0.355 e. The number of para-hydroxylation sites is 1. The van der Waals surface area contributed by atoms with Gasteiger partial charge >= 0.3 is 0 Å². The lowest BCUT2D eigenvalue weighted by molar-refractivity contribution is 0.0775. The fourth-order valence-electron chi connectivity index (χ4n) is 3.64. The van der Waals surface area contributed by atoms with Crippen LogP contribution in [0, 0.1) is 0 Å². The molecule has 0 spiro atoms. The number of nitrogens with zero attached hydrogens (tertiary/aromatic N) is 5. The molecule has 5 aromatic rings. The molecule has 0 saturated carbocycles. The predicted octanol–water partition coefficient (Wildman–Crippen LogP) is 5.51. The summed E-state index contributed by atoms with van der Waals surface area (Å²) in [4.78, 5) is 18.7. The maximum atomic E-state index is 13.1. The number of pyridine rings is 1. The monoisotopic (exact) mass is 469 g/mol. The Bertz CT molecular complexity index is 1410. The topological polar surface area (TPSA) is 77.0 Å². The van der Waals surface area contributed by atoms with Crippen LogP contribution in [0.25, 0.3) is 28.3 Å². The maximum absolute atomic E-state index is 13.1. The Morgan fingerprint density at radius 2 is 1.74 bits per heavy atom. The molecule has 3 aromatic heterocycles. The summed E-state index contributed by atoms with van der Waals surface area (Å²) < 4.78 is 7.20. The third-order valence-electron chi connectivity index (χ3n) is 5.38. The van der Waals surface area contributed by atoms with Crippen LogP contribution in [0.2, 0.25) is 5.02 Å². The highest BCUT2D eigenvalue weighted by Crippen LogP contribution is 2.27. The fourth-order valence-corrected chi connectivity index (χ4v) is 3.77. The summed E-state index contributed by atoms with van der Waals surface area (Å²) in [6, 6.07) is 22.6. The Hall–Kier alpha value is -4.23. The summed E-state index contributed by atoms with van der Waals surface area (Å²) in [5.41, 5.74) is 4.54. The van der Waals surface area contributed by atoms with Crippen LogP contribution in [0.5, 0.6) is 0 Å². The summed E-state index contributed by atoms with van der Waals surface area (Å²) in [7, 11) is 1.73. The third-order valence-corrected chi connectivity index (χ3v) is 5.63. The van der Waals surface area contributed by atoms with Gasteiger partial charge in [-0.2, -0.15) is 5.10 Å². The Morgan fingerprint density at radius 3 is 2.47 bits per heavy atom. The lowest BCUT2D eigenvalue weighted by Gasteiger charge is -2.15. The van der Waals surface area contributed by atoms with Crippen molar-refractivity contribution in [1.82, 2.24) is 24.8 Å². The van der Waals surface area contributed by atoms with E-state index in [4.69, 9.17) is 21.2 Å². The van der Waals surface area contributed by atoms with Crippen molar-refractivity contribution in [2.45, 2.75) is 6.54 Å². The minimum absolute atomic E-state index is 0.234. The van der Waals surface area contributed by atoms with Crippen LogP contribution in [-0.4, -0.2) is 37.8 Å². The first-order valence-corrected chi connectivity index (χ1v) is 11.0. The number of benzene rings is 2. The van der Waals surface area contributed by atoms with Gasteiger partial charge in [0.1, 0.15) is 0 Å². The van der Waals surface area contributed by atoms with E-state index < -0.39 is 0 Å². The Balaban J connectivity index is 1.44. The second-order valence-corrected chi connectivity index (χ2v) is 8.20. The molecule has 8 heteroatoms. The van der Waals surface area contributed by atoms with Gasteiger partial charge < -0.3 is 9.42 Å². The number of halogens is 1. The van der Waals surface area contributed by atoms with Gasteiger partial charge in [0.05, 0.1) is 11.4 Å². The number of amides is 1. The van der Waals surface area contributed by atoms with E-state index in [9.17, 15) is 4.79 Å². The van der Waals surface area contributed by atoms with Crippen molar-refractivity contribution in [2.75, 3.05) is 7.05 Å². The standard InChI is InChI=1S/C26H20ClN5O2/c1-31(26(33)23-15-24(34-30-23)18-11-13-28-14-12-18)16-20-17-32(22-5-3-2-4-6-22)29-25(20)19-7-9-21(27)10-8-19/h2-15,17H,16H2,1H3. The van der Waals surface area contributed by atoms with Gasteiger partial charge in [0.15, 0.2) is 11.5 Å². The number of rotatable bonds is 6. The van der Waals surface area contributed by atoms with E-state index >= 15 is 0 Å². The van der Waals surface area contributed by atoms with Gasteiger partial charge in [0.2, 0.25) is 0 Å². The van der Waals surface area contributed by atoms with Crippen molar-refractivity contribution in [3.05, 3.63) is 108 Å². The van der Waals surface area contributed by atoms with Gasteiger partial charge in [0, 0.05) is 60.0 Å². The van der Waals surface area contributed by atoms with E-state index in [-0.39, 0.29) is 11.6 Å². The average molecular weight is 470 g/mol. The van der Waals surface area contributed by atoms with E-state index in [1.807, 2.05) is 65.5 Å². The zero-order valence-corrected chi connectivity index (χ0v) is 19.1. The molecule has 0 unspecified atom stereocenters. The Kier molecular flexibility index (Phi) is 5.93. The highest BCUT2D eigenvalue weighted by atomic mass is 35.5. The van der Waals surface area contributed by atoms with Crippen molar-refractivity contribution >= 4 is 17.5 Å². The van der Waals surface area contributed by atoms with Crippen molar-refractivity contribution in [1.29, 1.82) is 0 Å². The first-order chi connectivity index (χ1) is 16.6. The molecule has 0 aliphatic rings. The molecule has 5 rings (SSSR count). The molecule has 0 saturated heterocycles. The molecule has 1 amide bonds. The summed E-state index contributed by atoms with van der Waals surface area (Å²) in [6.45, 7) is 0.334. The molecule has 168 valence electrons. The molecule has 3 heterocycles. The molecule has 2 aromatic carbocycles. The van der Waals surface area contributed by atoms with E-state index in [1.54, 1.807) is 42.5 Å². The molecule has 0 atom stereocenters. The quantitative estimate of drug-likeness (QED) is 0.327. The van der Waals surface area contributed by atoms with Crippen LogP contribution in [-0.2, 0) is 6.54 Å². The maximum Gasteiger partial charge on any atom is 0.276 e. The summed E-state index contributed by atoms with van der Waals surface area (Å²) in [5, 5.41) is 9.43. The number of aromatic nitrogens is 4. The number of hydrogen-bond acceptors (Lipinski definition) is 5. The van der Waals surface area contributed by atoms with Gasteiger partial charge in [-0.05, 0) is 36.4 Å². The van der Waals surface area contributed by atoms with Crippen LogP contribution < -0.4 is 0 Å². The molecule has 0 fully saturated rings. The smallest absolute Gasteiger partial charge is 0.276 e. The second-order valence-electron chi connectivity index (χ2n) is 7.76. The van der Waals surface area contributed by atoms with Crippen LogP contribution in [0.4, 0.5) is 0 Å². The lowest BCUT2D eigenvalue weighted by atomic mass is 10.1. The summed E-state index contributed by atoms with van der Waals surface area (Å²) in [5.74, 6) is 0.261. The van der Waals surface area contributed by atoms with Crippen molar-refractivity contribution in [3.8, 4) is 28.3 Å². The number of carbonyl (C=O) groups excluding carboxylic acids is 1. The van der Waals surface area contributed by atoms with Gasteiger partial charge in [-0.3, -0.25) is 9.78 Å². The molecule has 0 aliphatic heterocycles. The molecule has 0 N–H and O–H groups in total. The van der Waals surface area contributed by atoms with Crippen molar-refractivity contribution in [2.24, 2.45) is 0 Å². The van der Waals surface area contributed by atoms with Gasteiger partial charge in [-0.15, -0.1) is 0 Å². The van der Waals surface area contributed by atoms with E-state index in [1.165, 1.54) is 0 Å². The van der Waals surface area contributed by atoms with Crippen LogP contribution >= 0.6 is 11.6 Å². The zero-order chi connectivity index (χ0) is 23.5. The first kappa shape index (κ1) is 21.6. The first-order valence-electron chi connectivity index (χ1n) is 10.6. The Labute approximate surface area is 201 Å². The van der Waals surface area contributed by atoms with Crippen molar-refractivity contribution < 1.29 is 9.32 Å². The van der Waals surface area contributed by atoms with Crippen LogP contribution in [0.1, 0.15) is 16.1 Å². The second kappa shape index (κ2) is 9.33. The molecule has 7 nitrogen and oxygen atoms in total. The fraction of sp³-hybridized carbons (Fsp3) is 0.0769. The summed E-state index contributed by atoms with van der Waals surface area (Å²) in [6.07, 6.45) is 5.26. The SMILES string of the molecule is CN(Cc1cn(-c2ccccc2)nc1-c1ccc(Cl)cc1)C(=O)c1cc(-c2ccncc2)on1. The molecule has 0 radical (unpaired) electrons. The van der Waals surface area contributed by atoms with Gasteiger partial charge in [-0.1, -0.05) is 47.1 Å². The van der Waals surface area contributed by atoms with Gasteiger partial charge in [-0.25, -0.2) is 4.68 Å². The highest BCUT2D eigenvalue weighted by molar-refractivity contribution is 6.30. The van der Waals surface area contributed by atoms with E-state index in [0.717, 1.165) is 28.1 Å². The molecular formula is C26H20ClN5O2. The molecular weight excluding hydrogens is 450 g/mol. The number of hydrogen-bond donors (Lipinski definition) is 0. The normalized spacial score (nSPS) is 10.9. The molecule has 0 bridgehead atoms. The van der Waals surface area contributed by atoms with Gasteiger partial charge in [0.25, 0.3) is 5.91 Å². The van der Waals surface area contributed by atoms with Crippen LogP contribution in [0.15, 0.2) is 95.9 Å².